The zero-order chi connectivity index (χ0) is 22.5. The van der Waals surface area contributed by atoms with Gasteiger partial charge in [-0.1, -0.05) is 24.3 Å². The van der Waals surface area contributed by atoms with E-state index in [0.717, 1.165) is 23.3 Å². The van der Waals surface area contributed by atoms with Crippen molar-refractivity contribution < 1.29 is 18.7 Å². The van der Waals surface area contributed by atoms with E-state index in [2.05, 4.69) is 20.9 Å². The minimum atomic E-state index is -0.538. The van der Waals surface area contributed by atoms with E-state index >= 15 is 0 Å². The first kappa shape index (κ1) is 27.6. The lowest BCUT2D eigenvalue weighted by atomic mass is 10.1. The number of nitrogens with zero attached hydrogens (tertiary/aromatic N) is 1. The predicted molar refractivity (Wildman–Crippen MR) is 136 cm³/mol. The molecule has 0 aliphatic rings. The van der Waals surface area contributed by atoms with Crippen molar-refractivity contribution in [3.05, 3.63) is 65.0 Å². The molecule has 0 fully saturated rings. The smallest absolute Gasteiger partial charge is 0.254 e. The van der Waals surface area contributed by atoms with Crippen LogP contribution in [0.1, 0.15) is 27.9 Å². The van der Waals surface area contributed by atoms with Gasteiger partial charge in [0.25, 0.3) is 5.91 Å². The lowest BCUT2D eigenvalue weighted by Crippen LogP contribution is -2.41. The topological polar surface area (TPSA) is 84.0 Å². The van der Waals surface area contributed by atoms with Crippen molar-refractivity contribution in [2.75, 3.05) is 40.5 Å². The summed E-state index contributed by atoms with van der Waals surface area (Å²) < 4.78 is 24.6. The Morgan fingerprint density at radius 2 is 1.81 bits per heavy atom. The first-order valence-corrected chi connectivity index (χ1v) is 10.2. The third-order valence-electron chi connectivity index (χ3n) is 4.46. The molecule has 7 nitrogen and oxygen atoms in total. The van der Waals surface area contributed by atoms with Crippen molar-refractivity contribution in [2.24, 2.45) is 4.99 Å². The number of nitrogens with one attached hydrogen (secondary N) is 3. The summed E-state index contributed by atoms with van der Waals surface area (Å²) in [7, 11) is 3.34. The molecule has 176 valence electrons. The number of guanidine groups is 1. The molecule has 0 saturated heterocycles. The zero-order valence-electron chi connectivity index (χ0n) is 18.7. The van der Waals surface area contributed by atoms with Crippen LogP contribution in [0.15, 0.2) is 47.5 Å². The second-order valence-electron chi connectivity index (χ2n) is 6.89. The van der Waals surface area contributed by atoms with Crippen molar-refractivity contribution in [1.29, 1.82) is 0 Å². The summed E-state index contributed by atoms with van der Waals surface area (Å²) in [6.45, 7) is 4.55. The standard InChI is InChI=1S/C23H31FN4O3.HI/c1-17-9-10-18(21(15-17)31-14-6-13-30-3)16-28-23(25-2)27-12-11-26-22(29)19-7-4-5-8-20(19)24;/h4-5,7-10,15H,6,11-14,16H2,1-3H3,(H,26,29)(H2,25,27,28);1H. The molecular weight excluding hydrogens is 526 g/mol. The van der Waals surface area contributed by atoms with Gasteiger partial charge in [0.2, 0.25) is 0 Å². The van der Waals surface area contributed by atoms with E-state index in [1.807, 2.05) is 25.1 Å². The molecule has 2 rings (SSSR count). The Bertz CT molecular complexity index is 880. The van der Waals surface area contributed by atoms with Gasteiger partial charge in [-0.05, 0) is 30.7 Å². The Morgan fingerprint density at radius 1 is 1.06 bits per heavy atom. The molecule has 0 atom stereocenters. The number of carbonyl (C=O) groups is 1. The highest BCUT2D eigenvalue weighted by atomic mass is 127. The summed E-state index contributed by atoms with van der Waals surface area (Å²) in [6, 6.07) is 12.0. The molecule has 0 radical (unpaired) electrons. The normalized spacial score (nSPS) is 10.8. The average molecular weight is 558 g/mol. The highest BCUT2D eigenvalue weighted by molar-refractivity contribution is 14.0. The van der Waals surface area contributed by atoms with Gasteiger partial charge in [0.15, 0.2) is 5.96 Å². The average Bonchev–Trinajstić information content (AvgIpc) is 2.77. The molecule has 0 spiro atoms. The van der Waals surface area contributed by atoms with Crippen LogP contribution in [0.25, 0.3) is 0 Å². The summed E-state index contributed by atoms with van der Waals surface area (Å²) in [5.74, 6) is 0.434. The Balaban J connectivity index is 0.00000512. The number of benzene rings is 2. The molecule has 0 aliphatic heterocycles. The lowest BCUT2D eigenvalue weighted by molar-refractivity contribution is 0.0950. The molecule has 0 aliphatic carbocycles. The van der Waals surface area contributed by atoms with Crippen molar-refractivity contribution in [3.8, 4) is 5.75 Å². The summed E-state index contributed by atoms with van der Waals surface area (Å²) in [4.78, 5) is 16.2. The third kappa shape index (κ3) is 9.39. The highest BCUT2D eigenvalue weighted by Gasteiger charge is 2.10. The minimum Gasteiger partial charge on any atom is -0.493 e. The molecule has 0 bridgehead atoms. The monoisotopic (exact) mass is 558 g/mol. The summed E-state index contributed by atoms with van der Waals surface area (Å²) in [5.41, 5.74) is 2.17. The molecule has 2 aromatic carbocycles. The van der Waals surface area contributed by atoms with Crippen molar-refractivity contribution >= 4 is 35.8 Å². The number of methoxy groups -OCH3 is 1. The molecule has 0 saturated carbocycles. The maximum atomic E-state index is 13.6. The molecule has 0 heterocycles. The molecule has 32 heavy (non-hydrogen) atoms. The van der Waals surface area contributed by atoms with E-state index in [0.29, 0.717) is 38.8 Å². The van der Waals surface area contributed by atoms with Crippen LogP contribution in [0.2, 0.25) is 0 Å². The Labute approximate surface area is 206 Å². The van der Waals surface area contributed by atoms with Gasteiger partial charge in [0.05, 0.1) is 12.2 Å². The van der Waals surface area contributed by atoms with Gasteiger partial charge in [-0.25, -0.2) is 4.39 Å². The first-order valence-electron chi connectivity index (χ1n) is 10.2. The second-order valence-corrected chi connectivity index (χ2v) is 6.89. The number of hydrogen-bond acceptors (Lipinski definition) is 4. The summed E-state index contributed by atoms with van der Waals surface area (Å²) in [5, 5.41) is 9.05. The number of ether oxygens (including phenoxy) is 2. The van der Waals surface area contributed by atoms with Crippen molar-refractivity contribution in [3.63, 3.8) is 0 Å². The van der Waals surface area contributed by atoms with Gasteiger partial charge in [0, 0.05) is 52.4 Å². The minimum absolute atomic E-state index is 0. The molecule has 9 heteroatoms. The van der Waals surface area contributed by atoms with E-state index in [1.165, 1.54) is 12.1 Å². The Morgan fingerprint density at radius 3 is 2.53 bits per heavy atom. The number of aliphatic imine (C=N–C) groups is 1. The first-order chi connectivity index (χ1) is 15.0. The van der Waals surface area contributed by atoms with E-state index in [4.69, 9.17) is 9.47 Å². The van der Waals surface area contributed by atoms with Crippen molar-refractivity contribution in [1.82, 2.24) is 16.0 Å². The van der Waals surface area contributed by atoms with Crippen LogP contribution < -0.4 is 20.7 Å². The SMILES string of the molecule is CN=C(NCCNC(=O)c1ccccc1F)NCc1ccc(C)cc1OCCCOC.I. The largest absolute Gasteiger partial charge is 0.493 e. The van der Waals surface area contributed by atoms with Crippen LogP contribution in [0.3, 0.4) is 0 Å². The molecule has 1 amide bonds. The Kier molecular flexibility index (Phi) is 13.3. The fourth-order valence-electron chi connectivity index (χ4n) is 2.82. The van der Waals surface area contributed by atoms with Gasteiger partial charge >= 0.3 is 0 Å². The van der Waals surface area contributed by atoms with E-state index in [1.54, 1.807) is 26.3 Å². The maximum absolute atomic E-state index is 13.6. The van der Waals surface area contributed by atoms with Crippen LogP contribution in [-0.2, 0) is 11.3 Å². The number of aryl methyl sites for hydroxylation is 1. The molecular formula is C23H32FIN4O3. The van der Waals surface area contributed by atoms with Crippen molar-refractivity contribution in [2.45, 2.75) is 19.9 Å². The number of amides is 1. The van der Waals surface area contributed by atoms with Gasteiger partial charge in [-0.15, -0.1) is 24.0 Å². The van der Waals surface area contributed by atoms with Crippen LogP contribution in [-0.4, -0.2) is 52.3 Å². The molecule has 0 aromatic heterocycles. The maximum Gasteiger partial charge on any atom is 0.254 e. The van der Waals surface area contributed by atoms with E-state index < -0.39 is 11.7 Å². The predicted octanol–water partition coefficient (Wildman–Crippen LogP) is 3.26. The van der Waals surface area contributed by atoms with Crippen LogP contribution in [0.5, 0.6) is 5.75 Å². The van der Waals surface area contributed by atoms with Crippen LogP contribution in [0, 0.1) is 12.7 Å². The van der Waals surface area contributed by atoms with Gasteiger partial charge in [0.1, 0.15) is 11.6 Å². The Hall–Kier alpha value is -2.40. The molecule has 2 aromatic rings. The summed E-state index contributed by atoms with van der Waals surface area (Å²) >= 11 is 0. The number of halogens is 2. The summed E-state index contributed by atoms with van der Waals surface area (Å²) in [6.07, 6.45) is 0.819. The second kappa shape index (κ2) is 15.4. The van der Waals surface area contributed by atoms with E-state index in [9.17, 15) is 9.18 Å². The highest BCUT2D eigenvalue weighted by Crippen LogP contribution is 2.20. The number of rotatable bonds is 11. The third-order valence-corrected chi connectivity index (χ3v) is 4.46. The zero-order valence-corrected chi connectivity index (χ0v) is 21.1. The fourth-order valence-corrected chi connectivity index (χ4v) is 2.82. The van der Waals surface area contributed by atoms with Gasteiger partial charge < -0.3 is 25.4 Å². The molecule has 3 N–H and O–H groups in total. The van der Waals surface area contributed by atoms with Crippen LogP contribution >= 0.6 is 24.0 Å². The fraction of sp³-hybridized carbons (Fsp3) is 0.391. The lowest BCUT2D eigenvalue weighted by Gasteiger charge is -2.16. The van der Waals surface area contributed by atoms with Crippen LogP contribution in [0.4, 0.5) is 4.39 Å². The van der Waals surface area contributed by atoms with Gasteiger partial charge in [-0.3, -0.25) is 9.79 Å². The van der Waals surface area contributed by atoms with E-state index in [-0.39, 0.29) is 29.5 Å². The van der Waals surface area contributed by atoms with Gasteiger partial charge in [-0.2, -0.15) is 0 Å². The quantitative estimate of drug-likeness (QED) is 0.171. The molecule has 0 unspecified atom stereocenters. The number of carbonyl (C=O) groups excluding carboxylic acids is 1. The number of hydrogen-bond donors (Lipinski definition) is 3.